The van der Waals surface area contributed by atoms with Crippen molar-refractivity contribution >= 4 is 18.9 Å². The van der Waals surface area contributed by atoms with Crippen LogP contribution in [0.4, 0.5) is 8.63 Å². The van der Waals surface area contributed by atoms with E-state index < -0.39 is 7.47 Å². The van der Waals surface area contributed by atoms with Crippen molar-refractivity contribution in [2.24, 2.45) is 4.99 Å². The van der Waals surface area contributed by atoms with Crippen molar-refractivity contribution in [1.29, 1.82) is 0 Å². The van der Waals surface area contributed by atoms with Crippen LogP contribution in [0.1, 0.15) is 25.0 Å². The van der Waals surface area contributed by atoms with Gasteiger partial charge >= 0.3 is 7.47 Å². The third kappa shape index (κ3) is 6.13. The van der Waals surface area contributed by atoms with Crippen molar-refractivity contribution in [2.45, 2.75) is 19.9 Å². The zero-order chi connectivity index (χ0) is 19.8. The van der Waals surface area contributed by atoms with Crippen LogP contribution in [-0.2, 0) is 4.65 Å². The molecule has 7 heteroatoms. The van der Waals surface area contributed by atoms with Crippen LogP contribution in [0.2, 0.25) is 0 Å². The zero-order valence-corrected chi connectivity index (χ0v) is 15.8. The quantitative estimate of drug-likeness (QED) is 0.376. The molecule has 142 valence electrons. The Morgan fingerprint density at radius 2 is 1.37 bits per heavy atom. The number of hydrogen-bond donors (Lipinski definition) is 0. The van der Waals surface area contributed by atoms with Crippen molar-refractivity contribution < 1.29 is 22.8 Å². The molecule has 0 unspecified atom stereocenters. The van der Waals surface area contributed by atoms with Crippen molar-refractivity contribution in [1.82, 2.24) is 0 Å². The molecule has 0 aliphatic rings. The summed E-state index contributed by atoms with van der Waals surface area (Å²) in [6, 6.07) is 13.9. The first-order valence-corrected chi connectivity index (χ1v) is 8.46. The lowest BCUT2D eigenvalue weighted by molar-refractivity contribution is 0.396. The molecule has 0 atom stereocenters. The van der Waals surface area contributed by atoms with E-state index in [1.165, 1.54) is 6.08 Å². The van der Waals surface area contributed by atoms with Crippen LogP contribution in [0.25, 0.3) is 5.76 Å². The molecule has 0 saturated heterocycles. The van der Waals surface area contributed by atoms with Crippen LogP contribution in [0.3, 0.4) is 0 Å². The summed E-state index contributed by atoms with van der Waals surface area (Å²) in [6.07, 6.45) is 1.52. The molecule has 0 spiro atoms. The first-order chi connectivity index (χ1) is 12.9. The van der Waals surface area contributed by atoms with Gasteiger partial charge in [-0.05, 0) is 62.4 Å². The van der Waals surface area contributed by atoms with Crippen LogP contribution in [0.5, 0.6) is 11.5 Å². The maximum atomic E-state index is 13.0. The molecule has 0 heterocycles. The van der Waals surface area contributed by atoms with E-state index in [9.17, 15) is 8.63 Å². The maximum Gasteiger partial charge on any atom is 0.796 e. The summed E-state index contributed by atoms with van der Waals surface area (Å²) in [6.45, 7) is 3.83. The van der Waals surface area contributed by atoms with Gasteiger partial charge in [0, 0.05) is 23.2 Å². The number of aliphatic imine (C=N–C) groups is 1. The standard InChI is InChI=1S/C20H22BF2NO3/c1-14(2)24-19(15-5-9-17(25-3)10-6-15)13-20(27-21(22)23)16-7-11-18(26-4)12-8-16/h5-14H,1-4H3/b20-13-,24-19?. The molecule has 2 rings (SSSR count). The van der Waals surface area contributed by atoms with Crippen LogP contribution >= 0.6 is 0 Å². The average Bonchev–Trinajstić information content (AvgIpc) is 2.66. The topological polar surface area (TPSA) is 40.0 Å². The molecule has 2 aromatic rings. The molecule has 0 aliphatic carbocycles. The molecule has 0 radical (unpaired) electrons. The summed E-state index contributed by atoms with van der Waals surface area (Å²) in [5.74, 6) is 1.36. The van der Waals surface area contributed by atoms with E-state index in [1.54, 1.807) is 50.6 Å². The van der Waals surface area contributed by atoms with Gasteiger partial charge in [0.2, 0.25) is 0 Å². The van der Waals surface area contributed by atoms with Gasteiger partial charge in [-0.2, -0.15) is 0 Å². The molecule has 0 saturated carbocycles. The summed E-state index contributed by atoms with van der Waals surface area (Å²) in [4.78, 5) is 4.56. The Labute approximate surface area is 158 Å². The fraction of sp³-hybridized carbons (Fsp3) is 0.250. The fourth-order valence-corrected chi connectivity index (χ4v) is 2.40. The molecule has 0 amide bonds. The Bertz CT molecular complexity index is 788. The van der Waals surface area contributed by atoms with E-state index in [-0.39, 0.29) is 11.8 Å². The summed E-state index contributed by atoms with van der Waals surface area (Å²) in [7, 11) is 0.170. The van der Waals surface area contributed by atoms with Gasteiger partial charge in [0.1, 0.15) is 17.3 Å². The monoisotopic (exact) mass is 373 g/mol. The van der Waals surface area contributed by atoms with Gasteiger partial charge < -0.3 is 14.1 Å². The smallest absolute Gasteiger partial charge is 0.505 e. The Morgan fingerprint density at radius 3 is 1.78 bits per heavy atom. The summed E-state index contributed by atoms with van der Waals surface area (Å²) < 4.78 is 41.0. The number of allylic oxidation sites excluding steroid dienone is 1. The van der Waals surface area contributed by atoms with Crippen LogP contribution in [0, 0.1) is 0 Å². The van der Waals surface area contributed by atoms with Crippen LogP contribution in [-0.4, -0.2) is 33.4 Å². The number of halogens is 2. The van der Waals surface area contributed by atoms with E-state index in [4.69, 9.17) is 14.1 Å². The van der Waals surface area contributed by atoms with E-state index >= 15 is 0 Å². The minimum Gasteiger partial charge on any atom is -0.505 e. The molecule has 0 fully saturated rings. The first-order valence-electron chi connectivity index (χ1n) is 8.46. The van der Waals surface area contributed by atoms with Crippen molar-refractivity contribution in [3.63, 3.8) is 0 Å². The lowest BCUT2D eigenvalue weighted by Gasteiger charge is -2.12. The lowest BCUT2D eigenvalue weighted by atomic mass is 10.1. The van der Waals surface area contributed by atoms with E-state index in [0.717, 1.165) is 5.56 Å². The SMILES string of the molecule is COc1ccc(C(/C=C(\OB(F)F)c2ccc(OC)cc2)=NC(C)C)cc1. The second kappa shape index (κ2) is 9.76. The van der Waals surface area contributed by atoms with Gasteiger partial charge in [-0.25, -0.2) is 8.63 Å². The Morgan fingerprint density at radius 1 is 0.889 bits per heavy atom. The van der Waals surface area contributed by atoms with Crippen molar-refractivity contribution in [3.8, 4) is 11.5 Å². The largest absolute Gasteiger partial charge is 0.796 e. The van der Waals surface area contributed by atoms with Gasteiger partial charge in [-0.3, -0.25) is 4.99 Å². The normalized spacial score (nSPS) is 12.1. The molecule has 0 aromatic heterocycles. The molecular weight excluding hydrogens is 351 g/mol. The molecule has 2 aromatic carbocycles. The number of rotatable bonds is 8. The van der Waals surface area contributed by atoms with E-state index in [2.05, 4.69) is 4.99 Å². The highest BCUT2D eigenvalue weighted by atomic mass is 19.2. The van der Waals surface area contributed by atoms with Crippen molar-refractivity contribution in [2.75, 3.05) is 14.2 Å². The third-order valence-electron chi connectivity index (χ3n) is 3.64. The van der Waals surface area contributed by atoms with Gasteiger partial charge in [0.25, 0.3) is 0 Å². The maximum absolute atomic E-state index is 13.0. The third-order valence-corrected chi connectivity index (χ3v) is 3.64. The predicted octanol–water partition coefficient (Wildman–Crippen LogP) is 4.88. The number of nitrogens with zero attached hydrogens (tertiary/aromatic N) is 1. The molecule has 0 aliphatic heterocycles. The summed E-state index contributed by atoms with van der Waals surface area (Å²) >= 11 is 0. The van der Waals surface area contributed by atoms with Gasteiger partial charge in [0.15, 0.2) is 0 Å². The second-order valence-electron chi connectivity index (χ2n) is 5.95. The fourth-order valence-electron chi connectivity index (χ4n) is 2.40. The minimum absolute atomic E-state index is 0.0259. The predicted molar refractivity (Wildman–Crippen MR) is 105 cm³/mol. The summed E-state index contributed by atoms with van der Waals surface area (Å²) in [5.41, 5.74) is 1.81. The molecule has 4 nitrogen and oxygen atoms in total. The van der Waals surface area contributed by atoms with Gasteiger partial charge in [0.05, 0.1) is 19.9 Å². The van der Waals surface area contributed by atoms with Gasteiger partial charge in [-0.1, -0.05) is 0 Å². The van der Waals surface area contributed by atoms with Crippen LogP contribution in [0.15, 0.2) is 59.6 Å². The second-order valence-corrected chi connectivity index (χ2v) is 5.95. The van der Waals surface area contributed by atoms with Gasteiger partial charge in [-0.15, -0.1) is 0 Å². The van der Waals surface area contributed by atoms with E-state index in [0.29, 0.717) is 22.8 Å². The summed E-state index contributed by atoms with van der Waals surface area (Å²) in [5, 5.41) is 0. The van der Waals surface area contributed by atoms with Crippen LogP contribution < -0.4 is 9.47 Å². The van der Waals surface area contributed by atoms with E-state index in [1.807, 2.05) is 26.0 Å². The Balaban J connectivity index is 2.48. The highest BCUT2D eigenvalue weighted by Crippen LogP contribution is 2.23. The molecule has 27 heavy (non-hydrogen) atoms. The molecule has 0 bridgehead atoms. The number of benzene rings is 2. The highest BCUT2D eigenvalue weighted by molar-refractivity contribution is 6.36. The number of ether oxygens (including phenoxy) is 2. The Kier molecular flexibility index (Phi) is 7.40. The minimum atomic E-state index is -2.95. The Hall–Kier alpha value is -2.83. The number of methoxy groups -OCH3 is 2. The average molecular weight is 373 g/mol. The molecular formula is C20H22BF2NO3. The first kappa shape index (κ1) is 20.5. The lowest BCUT2D eigenvalue weighted by Crippen LogP contribution is -2.08. The molecule has 0 N–H and O–H groups in total. The number of hydrogen-bond acceptors (Lipinski definition) is 4. The zero-order valence-electron chi connectivity index (χ0n) is 15.8. The highest BCUT2D eigenvalue weighted by Gasteiger charge is 2.21. The van der Waals surface area contributed by atoms with Crippen molar-refractivity contribution in [3.05, 3.63) is 65.7 Å².